The van der Waals surface area contributed by atoms with Crippen LogP contribution in [0.5, 0.6) is 0 Å². The Morgan fingerprint density at radius 1 is 0.812 bits per heavy atom. The van der Waals surface area contributed by atoms with Crippen LogP contribution in [0.15, 0.2) is 0 Å². The molecule has 0 aliphatic heterocycles. The Morgan fingerprint density at radius 2 is 1.38 bits per heavy atom. The number of unbranched alkanes of at least 4 members (excludes halogenated alkanes) is 1. The average Bonchev–Trinajstić information content (AvgIpc) is 2.22. The molecule has 0 atom stereocenters. The van der Waals surface area contributed by atoms with Crippen LogP contribution in [0.4, 0.5) is 0 Å². The summed E-state index contributed by atoms with van der Waals surface area (Å²) in [7, 11) is 0. The highest BCUT2D eigenvalue weighted by molar-refractivity contribution is 5.75. The van der Waals surface area contributed by atoms with Gasteiger partial charge >= 0.3 is 0 Å². The lowest BCUT2D eigenvalue weighted by atomic mass is 10.4. The molecule has 97 valence electrons. The highest BCUT2D eigenvalue weighted by Gasteiger charge is 1.87. The molecule has 0 amide bonds. The van der Waals surface area contributed by atoms with Crippen LogP contribution in [0.25, 0.3) is 0 Å². The van der Waals surface area contributed by atoms with E-state index in [1.54, 1.807) is 0 Å². The van der Waals surface area contributed by atoms with E-state index in [0.717, 1.165) is 32.7 Å². The van der Waals surface area contributed by atoms with E-state index in [9.17, 15) is 0 Å². The van der Waals surface area contributed by atoms with Gasteiger partial charge in [0.15, 0.2) is 0 Å². The summed E-state index contributed by atoms with van der Waals surface area (Å²) in [6.07, 6.45) is 5.12. The smallest absolute Gasteiger partial charge is 0.0518 e. The molecule has 0 unspecified atom stereocenters. The highest BCUT2D eigenvalue weighted by atomic mass is 16.5. The molecule has 0 saturated heterocycles. The largest absolute Gasteiger partial charge is 0.381 e. The van der Waals surface area contributed by atoms with Crippen LogP contribution in [-0.2, 0) is 9.47 Å². The summed E-state index contributed by atoms with van der Waals surface area (Å²) in [6.45, 7) is 13.3. The Labute approximate surface area is 105 Å². The summed E-state index contributed by atoms with van der Waals surface area (Å²) in [5.41, 5.74) is 0. The van der Waals surface area contributed by atoms with Crippen molar-refractivity contribution in [2.75, 3.05) is 19.8 Å². The minimum Gasteiger partial charge on any atom is -0.381 e. The van der Waals surface area contributed by atoms with E-state index in [4.69, 9.17) is 9.47 Å². The van der Waals surface area contributed by atoms with Gasteiger partial charge in [0.05, 0.1) is 6.10 Å². The maximum Gasteiger partial charge on any atom is 0.0518 e. The van der Waals surface area contributed by atoms with Crippen molar-refractivity contribution in [2.45, 2.75) is 66.4 Å². The topological polar surface area (TPSA) is 18.5 Å². The first-order chi connectivity index (χ1) is 7.18. The first-order valence-electron chi connectivity index (χ1n) is 6.38. The third-order valence-corrected chi connectivity index (χ3v) is 1.65. The number of ether oxygens (including phenoxy) is 2. The molecule has 0 aromatic rings. The third-order valence-electron chi connectivity index (χ3n) is 1.65. The molecule has 0 fully saturated rings. The van der Waals surface area contributed by atoms with Gasteiger partial charge in [-0.15, -0.1) is 0 Å². The van der Waals surface area contributed by atoms with Gasteiger partial charge in [0.1, 0.15) is 0 Å². The normalized spacial score (nSPS) is 9.38. The second-order valence-corrected chi connectivity index (χ2v) is 3.89. The lowest BCUT2D eigenvalue weighted by molar-refractivity contribution is 0.0794. The molecule has 0 N–H and O–H groups in total. The molecule has 0 heterocycles. The van der Waals surface area contributed by atoms with Crippen molar-refractivity contribution in [3.63, 3.8) is 0 Å². The maximum absolute atomic E-state index is 5.22. The summed E-state index contributed by atoms with van der Waals surface area (Å²) in [5.74, 6) is 0. The predicted octanol–water partition coefficient (Wildman–Crippen LogP) is 3.65. The van der Waals surface area contributed by atoms with E-state index < -0.39 is 0 Å². The van der Waals surface area contributed by atoms with Crippen LogP contribution >= 0.6 is 0 Å². The Morgan fingerprint density at radius 3 is 1.69 bits per heavy atom. The molecule has 0 aromatic heterocycles. The summed E-state index contributed by atoms with van der Waals surface area (Å²) in [4.78, 5) is 0. The summed E-state index contributed by atoms with van der Waals surface area (Å²) < 4.78 is 10.4. The van der Waals surface area contributed by atoms with Crippen LogP contribution in [0.1, 0.15) is 60.3 Å². The van der Waals surface area contributed by atoms with Gasteiger partial charge in [-0.05, 0) is 33.1 Å². The fourth-order valence-corrected chi connectivity index (χ4v) is 0.846. The molecule has 0 aliphatic rings. The predicted molar refractivity (Wildman–Crippen MR) is 73.2 cm³/mol. The SMILES string of the molecule is CCCCOCCC.CCCOC(C)C.[B]. The minimum atomic E-state index is 0. The minimum absolute atomic E-state index is 0. The Balaban J connectivity index is -0.000000200. The van der Waals surface area contributed by atoms with E-state index >= 15 is 0 Å². The Hall–Kier alpha value is -0.0151. The molecular weight excluding hydrogens is 199 g/mol. The van der Waals surface area contributed by atoms with Crippen molar-refractivity contribution in [3.05, 3.63) is 0 Å². The molecule has 3 heteroatoms. The van der Waals surface area contributed by atoms with E-state index in [1.807, 2.05) is 0 Å². The van der Waals surface area contributed by atoms with Crippen molar-refractivity contribution in [2.24, 2.45) is 0 Å². The van der Waals surface area contributed by atoms with Gasteiger partial charge in [-0.1, -0.05) is 27.2 Å². The average molecular weight is 229 g/mol. The Bertz CT molecular complexity index is 91.9. The van der Waals surface area contributed by atoms with Crippen LogP contribution < -0.4 is 0 Å². The van der Waals surface area contributed by atoms with Gasteiger partial charge in [-0.3, -0.25) is 0 Å². The second-order valence-electron chi connectivity index (χ2n) is 3.89. The number of hydrogen-bond donors (Lipinski definition) is 0. The van der Waals surface area contributed by atoms with Crippen LogP contribution in [-0.4, -0.2) is 34.3 Å². The fraction of sp³-hybridized carbons (Fsp3) is 1.00. The van der Waals surface area contributed by atoms with Crippen molar-refractivity contribution in [3.8, 4) is 0 Å². The lowest BCUT2D eigenvalue weighted by Gasteiger charge is -2.03. The van der Waals surface area contributed by atoms with Gasteiger partial charge in [0, 0.05) is 28.2 Å². The van der Waals surface area contributed by atoms with E-state index in [2.05, 4.69) is 34.6 Å². The first kappa shape index (κ1) is 21.3. The Kier molecular flexibility index (Phi) is 27.1. The molecule has 0 rings (SSSR count). The zero-order valence-electron chi connectivity index (χ0n) is 11.9. The molecule has 0 aliphatic carbocycles. The van der Waals surface area contributed by atoms with Crippen molar-refractivity contribution in [1.82, 2.24) is 0 Å². The lowest BCUT2D eigenvalue weighted by Crippen LogP contribution is -2.01. The van der Waals surface area contributed by atoms with Crippen LogP contribution in [0.3, 0.4) is 0 Å². The molecule has 0 aromatic carbocycles. The van der Waals surface area contributed by atoms with Crippen molar-refractivity contribution in [1.29, 1.82) is 0 Å². The summed E-state index contributed by atoms with van der Waals surface area (Å²) in [5, 5.41) is 0. The van der Waals surface area contributed by atoms with E-state index in [1.165, 1.54) is 12.8 Å². The number of rotatable bonds is 8. The van der Waals surface area contributed by atoms with E-state index in [-0.39, 0.29) is 8.41 Å². The third kappa shape index (κ3) is 29.2. The molecule has 0 bridgehead atoms. The first-order valence-corrected chi connectivity index (χ1v) is 6.38. The van der Waals surface area contributed by atoms with Gasteiger partial charge in [0.25, 0.3) is 0 Å². The van der Waals surface area contributed by atoms with Gasteiger partial charge in [0.2, 0.25) is 0 Å². The second kappa shape index (κ2) is 20.4. The molecule has 3 radical (unpaired) electrons. The van der Waals surface area contributed by atoms with Crippen molar-refractivity contribution < 1.29 is 9.47 Å². The maximum atomic E-state index is 5.22. The van der Waals surface area contributed by atoms with Gasteiger partial charge in [-0.2, -0.15) is 0 Å². The van der Waals surface area contributed by atoms with Crippen LogP contribution in [0, 0.1) is 0 Å². The quantitative estimate of drug-likeness (QED) is 0.467. The number of hydrogen-bond acceptors (Lipinski definition) is 2. The molecule has 16 heavy (non-hydrogen) atoms. The molecule has 2 nitrogen and oxygen atoms in total. The van der Waals surface area contributed by atoms with Crippen molar-refractivity contribution >= 4 is 8.41 Å². The van der Waals surface area contributed by atoms with E-state index in [0.29, 0.717) is 6.10 Å². The summed E-state index contributed by atoms with van der Waals surface area (Å²) in [6, 6.07) is 0. The van der Waals surface area contributed by atoms with Gasteiger partial charge < -0.3 is 9.47 Å². The fourth-order valence-electron chi connectivity index (χ4n) is 0.846. The summed E-state index contributed by atoms with van der Waals surface area (Å²) >= 11 is 0. The molecule has 0 spiro atoms. The highest BCUT2D eigenvalue weighted by Crippen LogP contribution is 1.88. The zero-order chi connectivity index (χ0) is 11.9. The van der Waals surface area contributed by atoms with Crippen LogP contribution in [0.2, 0.25) is 0 Å². The molecule has 0 saturated carbocycles. The monoisotopic (exact) mass is 229 g/mol. The molecular formula is C13H30BO2. The standard InChI is InChI=1S/C7H16O.C6H14O.B/c1-3-5-7-8-6-4-2;1-4-5-7-6(2)3;/h3-7H2,1-2H3;6H,4-5H2,1-3H3;. The zero-order valence-corrected chi connectivity index (χ0v) is 11.9. The van der Waals surface area contributed by atoms with Gasteiger partial charge in [-0.25, -0.2) is 0 Å².